The molecule has 6 aromatic rings. The Morgan fingerprint density at radius 2 is 1.20 bits per heavy atom. The molecule has 0 aliphatic heterocycles. The number of aliphatic hydroxyl groups is 3. The molecule has 6 N–H and O–H groups in total. The van der Waals surface area contributed by atoms with E-state index in [2.05, 4.69) is 40.8 Å². The van der Waals surface area contributed by atoms with Gasteiger partial charge in [0.15, 0.2) is 5.78 Å². The van der Waals surface area contributed by atoms with Crippen LogP contribution >= 0.6 is 34.8 Å². The lowest BCUT2D eigenvalue weighted by Crippen LogP contribution is -2.57. The molecule has 8 atom stereocenters. The monoisotopic (exact) mass is 1200 g/mol. The van der Waals surface area contributed by atoms with Crippen LogP contribution in [0.25, 0.3) is 0 Å². The van der Waals surface area contributed by atoms with Gasteiger partial charge in [-0.25, -0.2) is 0 Å². The number of nitrogens with zero attached hydrogens (tertiary/aromatic N) is 1. The van der Waals surface area contributed by atoms with Gasteiger partial charge in [0.1, 0.15) is 34.3 Å². The van der Waals surface area contributed by atoms with Gasteiger partial charge in [0.2, 0.25) is 5.91 Å². The van der Waals surface area contributed by atoms with Gasteiger partial charge in [-0.1, -0.05) is 101 Å². The first-order valence-corrected chi connectivity index (χ1v) is 29.7. The van der Waals surface area contributed by atoms with Gasteiger partial charge < -0.3 is 35.8 Å². The number of Topliss-reactive ketones (excluding diaryl/α,β-unsaturated/α-hetero) is 1. The predicted octanol–water partition coefficient (Wildman–Crippen LogP) is 12.1. The second kappa shape index (κ2) is 26.8. The number of primary amides is 1. The van der Waals surface area contributed by atoms with Crippen LogP contribution in [0.15, 0.2) is 127 Å². The highest BCUT2D eigenvalue weighted by atomic mass is 35.5. The Hall–Kier alpha value is -7.57. The molecule has 0 heterocycles. The first kappa shape index (κ1) is 62.0. The minimum Gasteiger partial charge on any atom is -0.497 e. The van der Waals surface area contributed by atoms with Crippen LogP contribution in [0, 0.1) is 61.2 Å². The van der Waals surface area contributed by atoms with Crippen molar-refractivity contribution in [1.29, 1.82) is 0 Å². The topological polar surface area (TPSA) is 189 Å². The molecule has 3 aliphatic rings. The summed E-state index contributed by atoms with van der Waals surface area (Å²) in [6, 6.07) is 33.3. The molecule has 6 aromatic carbocycles. The second-order valence-corrected chi connectivity index (χ2v) is 24.2. The van der Waals surface area contributed by atoms with Crippen molar-refractivity contribution >= 4 is 64.0 Å². The van der Waals surface area contributed by atoms with E-state index in [1.165, 1.54) is 25.2 Å². The summed E-state index contributed by atoms with van der Waals surface area (Å²) in [6.07, 6.45) is 4.19. The van der Waals surface area contributed by atoms with Crippen LogP contribution in [0.5, 0.6) is 11.5 Å². The van der Waals surface area contributed by atoms with Crippen molar-refractivity contribution in [3.05, 3.63) is 193 Å². The molecule has 0 aromatic heterocycles. The molecule has 2 unspecified atom stereocenters. The normalized spacial score (nSPS) is 22.5. The molecule has 3 fully saturated rings. The number of nitrogens with two attached hydrogens (primary N) is 1. The summed E-state index contributed by atoms with van der Waals surface area (Å²) in [7, 11) is 2.86. The molecule has 3 aliphatic carbocycles. The number of anilines is 1. The Kier molecular flexibility index (Phi) is 19.5. The third-order valence-corrected chi connectivity index (χ3v) is 17.3. The molecule has 15 heteroatoms. The van der Waals surface area contributed by atoms with E-state index in [0.717, 1.165) is 11.1 Å². The highest BCUT2D eigenvalue weighted by Gasteiger charge is 2.50. The van der Waals surface area contributed by atoms with Crippen LogP contribution in [0.4, 0.5) is 5.69 Å². The molecule has 0 spiro atoms. The van der Waals surface area contributed by atoms with Gasteiger partial charge >= 0.3 is 0 Å². The lowest BCUT2D eigenvalue weighted by Gasteiger charge is -2.43. The van der Waals surface area contributed by atoms with Crippen molar-refractivity contribution in [2.45, 2.75) is 126 Å². The van der Waals surface area contributed by atoms with Crippen molar-refractivity contribution < 1.29 is 44.0 Å². The van der Waals surface area contributed by atoms with E-state index in [-0.39, 0.29) is 59.7 Å². The second-order valence-electron chi connectivity index (χ2n) is 22.9. The molecule has 9 rings (SSSR count). The van der Waals surface area contributed by atoms with E-state index in [1.807, 2.05) is 13.0 Å². The summed E-state index contributed by atoms with van der Waals surface area (Å²) in [5.41, 5.74) is 6.29. The highest BCUT2D eigenvalue weighted by molar-refractivity contribution is 6.31. The lowest BCUT2D eigenvalue weighted by molar-refractivity contribution is -0.120. The highest BCUT2D eigenvalue weighted by Crippen LogP contribution is 2.45. The SMILES string of the molecule is COc1ccc(OC)c(C(=O)C(C(C(N)=O)N(C(=O)c2ccc(C)c([C@H]3CCC[C@@](O)(C#Cc4cccc(Cl)c4)C3)c2)c2cc(C)ccc2C(=O)N[C@H]2CCC[C@@](O)(C#Cc3cccc(Cl)c3)C2)[C@H]2CCC[C@@](O)(C#Cc3cccc(Cl)c3)C2)c1. The summed E-state index contributed by atoms with van der Waals surface area (Å²) < 4.78 is 11.4. The predicted molar refractivity (Wildman–Crippen MR) is 332 cm³/mol. The van der Waals surface area contributed by atoms with Crippen molar-refractivity contribution in [1.82, 2.24) is 5.32 Å². The van der Waals surface area contributed by atoms with Crippen molar-refractivity contribution in [3.63, 3.8) is 0 Å². The smallest absolute Gasteiger partial charge is 0.259 e. The summed E-state index contributed by atoms with van der Waals surface area (Å²) in [5.74, 6) is 13.1. The van der Waals surface area contributed by atoms with Crippen LogP contribution in [-0.4, -0.2) is 81.9 Å². The number of aryl methyl sites for hydroxylation is 2. The number of amides is 3. The van der Waals surface area contributed by atoms with E-state index in [9.17, 15) is 15.3 Å². The Labute approximate surface area is 512 Å². The van der Waals surface area contributed by atoms with Gasteiger partial charge in [-0.05, 0) is 210 Å². The molecule has 3 amide bonds. The maximum atomic E-state index is 16.4. The average molecular weight is 1200 g/mol. The number of carbonyl (C=O) groups is 4. The summed E-state index contributed by atoms with van der Waals surface area (Å²) >= 11 is 18.8. The van der Waals surface area contributed by atoms with Crippen LogP contribution in [-0.2, 0) is 4.79 Å². The van der Waals surface area contributed by atoms with Crippen LogP contribution in [0.1, 0.15) is 147 Å². The van der Waals surface area contributed by atoms with Gasteiger partial charge in [0.05, 0.1) is 37.0 Å². The fourth-order valence-electron chi connectivity index (χ4n) is 12.4. The number of carbonyl (C=O) groups excluding carboxylic acids is 4. The zero-order valence-electron chi connectivity index (χ0n) is 47.9. The Bertz CT molecular complexity index is 3740. The van der Waals surface area contributed by atoms with Crippen molar-refractivity contribution in [2.75, 3.05) is 19.1 Å². The summed E-state index contributed by atoms with van der Waals surface area (Å²) in [6.45, 7) is 3.70. The minimum atomic E-state index is -1.84. The number of benzene rings is 6. The fraction of sp³-hybridized carbons (Fsp3) is 0.343. The van der Waals surface area contributed by atoms with Crippen molar-refractivity contribution in [2.24, 2.45) is 17.6 Å². The summed E-state index contributed by atoms with van der Waals surface area (Å²) in [4.78, 5) is 64.0. The molecule has 12 nitrogen and oxygen atoms in total. The average Bonchev–Trinajstić information content (AvgIpc) is 2.19. The molecule has 0 saturated heterocycles. The maximum absolute atomic E-state index is 16.4. The van der Waals surface area contributed by atoms with E-state index in [1.54, 1.807) is 122 Å². The lowest BCUT2D eigenvalue weighted by atomic mass is 9.68. The number of halogens is 3. The minimum absolute atomic E-state index is 0.0224. The van der Waals surface area contributed by atoms with Gasteiger partial charge in [-0.3, -0.25) is 24.1 Å². The zero-order valence-corrected chi connectivity index (χ0v) is 50.2. The standard InChI is InChI=1S/C70H68Cl3N3O9/c1-44-20-24-57(66(79)75-55-19-10-31-70(83,43-55)34-28-48-13-7-18-54(73)38-48)60(35-44)76(67(80)49-22-21-45(2)58(39-49)50-14-8-29-68(81,41-50)32-26-46-11-5-16-52(71)36-46)63(65(74)78)62(64(77)59-40-56(84-3)23-25-61(59)85-4)51-15-9-30-69(82,42-51)33-27-47-12-6-17-53(72)37-47/h5-7,11-13,16-18,20-25,35-40,50-51,55,62-63,81-83H,8-10,14-15,19,29-31,41-43H2,1-4H3,(H2,74,78)(H,75,79)/t50-,51-,55-,62?,63?,68+,69+,70+/m0/s1. The number of ketones is 1. The van der Waals surface area contributed by atoms with Crippen LogP contribution in [0.3, 0.4) is 0 Å². The van der Waals surface area contributed by atoms with Crippen LogP contribution < -0.4 is 25.4 Å². The number of rotatable bonds is 13. The largest absolute Gasteiger partial charge is 0.497 e. The third kappa shape index (κ3) is 15.1. The summed E-state index contributed by atoms with van der Waals surface area (Å²) in [5, 5.41) is 41.1. The number of ether oxygens (including phenoxy) is 2. The Morgan fingerprint density at radius 1 is 0.635 bits per heavy atom. The number of nitrogens with one attached hydrogen (secondary N) is 1. The third-order valence-electron chi connectivity index (χ3n) is 16.6. The van der Waals surface area contributed by atoms with Gasteiger partial charge in [-0.15, -0.1) is 0 Å². The quantitative estimate of drug-likeness (QED) is 0.0554. The van der Waals surface area contributed by atoms with Gasteiger partial charge in [0.25, 0.3) is 11.8 Å². The van der Waals surface area contributed by atoms with Gasteiger partial charge in [-0.2, -0.15) is 0 Å². The van der Waals surface area contributed by atoms with E-state index < -0.39 is 64.2 Å². The number of hydrogen-bond donors (Lipinski definition) is 5. The van der Waals surface area contributed by atoms with E-state index in [4.69, 9.17) is 50.0 Å². The van der Waals surface area contributed by atoms with Gasteiger partial charge in [0, 0.05) is 49.8 Å². The molecular formula is C70H68Cl3N3O9. The number of hydrogen-bond acceptors (Lipinski definition) is 9. The first-order valence-electron chi connectivity index (χ1n) is 28.6. The molecule has 3 saturated carbocycles. The van der Waals surface area contributed by atoms with Crippen LogP contribution in [0.2, 0.25) is 15.1 Å². The Morgan fingerprint density at radius 3 is 1.76 bits per heavy atom. The van der Waals surface area contributed by atoms with Crippen molar-refractivity contribution in [3.8, 4) is 47.0 Å². The molecule has 0 radical (unpaired) electrons. The first-order chi connectivity index (χ1) is 40.6. The molecule has 0 bridgehead atoms. The van der Waals surface area contributed by atoms with E-state index in [0.29, 0.717) is 94.4 Å². The number of methoxy groups -OCH3 is 2. The maximum Gasteiger partial charge on any atom is 0.259 e. The molecule has 85 heavy (non-hydrogen) atoms. The fourth-order valence-corrected chi connectivity index (χ4v) is 13.0. The molecular weight excluding hydrogens is 1130 g/mol. The van der Waals surface area contributed by atoms with E-state index >= 15 is 19.2 Å². The molecule has 438 valence electrons. The zero-order chi connectivity index (χ0) is 60.6. The Balaban J connectivity index is 1.18.